The third-order valence-electron chi connectivity index (χ3n) is 7.44. The van der Waals surface area contributed by atoms with Crippen molar-refractivity contribution in [2.75, 3.05) is 52.5 Å². The van der Waals surface area contributed by atoms with E-state index in [4.69, 9.17) is 21.1 Å². The number of likely N-dealkylation sites (tertiary alicyclic amines) is 1. The molecule has 0 saturated carbocycles. The first-order valence-corrected chi connectivity index (χ1v) is 12.4. The smallest absolute Gasteiger partial charge is 0.228 e. The van der Waals surface area contributed by atoms with Crippen LogP contribution in [0.25, 0.3) is 0 Å². The molecule has 0 spiro atoms. The zero-order valence-corrected chi connectivity index (χ0v) is 19.8. The van der Waals surface area contributed by atoms with Gasteiger partial charge in [0.15, 0.2) is 0 Å². The maximum atomic E-state index is 12.9. The topological polar surface area (TPSA) is 47.7 Å². The Bertz CT molecular complexity index is 748. The van der Waals surface area contributed by atoms with E-state index in [-0.39, 0.29) is 6.10 Å². The molecule has 172 valence electrons. The van der Waals surface area contributed by atoms with Crippen LogP contribution in [0.3, 0.4) is 0 Å². The van der Waals surface area contributed by atoms with Crippen molar-refractivity contribution in [2.45, 2.75) is 51.8 Å². The van der Waals surface area contributed by atoms with E-state index in [0.717, 1.165) is 88.2 Å². The largest absolute Gasteiger partial charge is 0.484 e. The van der Waals surface area contributed by atoms with Gasteiger partial charge in [-0.15, -0.1) is 0 Å². The van der Waals surface area contributed by atoms with Crippen molar-refractivity contribution < 1.29 is 24.1 Å². The first-order valence-electron chi connectivity index (χ1n) is 12.0. The molecule has 3 atom stereocenters. The number of rotatable bonds is 5. The van der Waals surface area contributed by atoms with Gasteiger partial charge >= 0.3 is 0 Å². The number of morpholine rings is 1. The van der Waals surface area contributed by atoms with E-state index in [2.05, 4.69) is 18.7 Å². The molecule has 3 aliphatic rings. The zero-order valence-electron chi connectivity index (χ0n) is 19.0. The SMILES string of the molecule is CC1C[NH+](CCC(=O)N2CCC(C(C)[NH+]3CCOCC3)CC2)Cc2cc(Cl)ccc2O1. The minimum absolute atomic E-state index is 0.132. The van der Waals surface area contributed by atoms with Gasteiger partial charge in [-0.25, -0.2) is 0 Å². The fourth-order valence-electron chi connectivity index (χ4n) is 5.51. The summed E-state index contributed by atoms with van der Waals surface area (Å²) in [6.45, 7) is 12.9. The summed E-state index contributed by atoms with van der Waals surface area (Å²) >= 11 is 6.19. The highest BCUT2D eigenvalue weighted by Crippen LogP contribution is 2.24. The van der Waals surface area contributed by atoms with Crippen molar-refractivity contribution >= 4 is 17.5 Å². The predicted molar refractivity (Wildman–Crippen MR) is 121 cm³/mol. The Balaban J connectivity index is 1.24. The summed E-state index contributed by atoms with van der Waals surface area (Å²) in [5.74, 6) is 1.95. The number of hydrogen-bond donors (Lipinski definition) is 2. The molecule has 31 heavy (non-hydrogen) atoms. The average molecular weight is 452 g/mol. The second-order valence-electron chi connectivity index (χ2n) is 9.59. The number of ether oxygens (including phenoxy) is 2. The summed E-state index contributed by atoms with van der Waals surface area (Å²) in [6, 6.07) is 6.51. The molecule has 3 unspecified atom stereocenters. The van der Waals surface area contributed by atoms with E-state index in [1.165, 1.54) is 4.90 Å². The lowest BCUT2D eigenvalue weighted by Crippen LogP contribution is -3.18. The molecule has 3 aliphatic heterocycles. The molecule has 1 aromatic rings. The van der Waals surface area contributed by atoms with Crippen molar-refractivity contribution in [2.24, 2.45) is 5.92 Å². The van der Waals surface area contributed by atoms with E-state index >= 15 is 0 Å². The van der Waals surface area contributed by atoms with Gasteiger partial charge in [0.2, 0.25) is 5.91 Å². The van der Waals surface area contributed by atoms with E-state index in [1.54, 1.807) is 4.90 Å². The van der Waals surface area contributed by atoms with Gasteiger partial charge in [-0.3, -0.25) is 4.79 Å². The van der Waals surface area contributed by atoms with Crippen LogP contribution in [0, 0.1) is 5.92 Å². The molecule has 2 saturated heterocycles. The first-order chi connectivity index (χ1) is 15.0. The van der Waals surface area contributed by atoms with Crippen molar-refractivity contribution in [1.82, 2.24) is 4.90 Å². The van der Waals surface area contributed by atoms with Gasteiger partial charge in [-0.2, -0.15) is 0 Å². The molecule has 1 amide bonds. The lowest BCUT2D eigenvalue weighted by Gasteiger charge is -2.38. The number of nitrogens with one attached hydrogen (secondary N) is 2. The predicted octanol–water partition coefficient (Wildman–Crippen LogP) is 0.438. The molecule has 1 aromatic carbocycles. The number of fused-ring (bicyclic) bond motifs is 1. The number of benzene rings is 1. The maximum absolute atomic E-state index is 12.9. The fourth-order valence-corrected chi connectivity index (χ4v) is 5.71. The van der Waals surface area contributed by atoms with Crippen molar-refractivity contribution in [3.8, 4) is 5.75 Å². The molecular formula is C24H38ClN3O3+2. The van der Waals surface area contributed by atoms with Gasteiger partial charge in [0.05, 0.1) is 32.2 Å². The Hall–Kier alpha value is -1.34. The standard InChI is InChI=1S/C24H36ClN3O3/c1-18-16-26(17-21-15-22(25)3-4-23(21)31-18)8-7-24(29)28-9-5-20(6-10-28)19(2)27-11-13-30-14-12-27/h3-4,15,18-20H,5-14,16-17H2,1-2H3/p+2. The molecule has 4 rings (SSSR count). The number of carbonyl (C=O) groups is 1. The number of halogens is 1. The first kappa shape index (κ1) is 22.8. The lowest BCUT2D eigenvalue weighted by atomic mass is 9.89. The highest BCUT2D eigenvalue weighted by Gasteiger charge is 2.33. The minimum atomic E-state index is 0.132. The van der Waals surface area contributed by atoms with Crippen molar-refractivity contribution in [3.63, 3.8) is 0 Å². The van der Waals surface area contributed by atoms with Gasteiger partial charge < -0.3 is 24.2 Å². The number of amides is 1. The summed E-state index contributed by atoms with van der Waals surface area (Å²) in [5, 5.41) is 0.739. The van der Waals surface area contributed by atoms with E-state index in [0.29, 0.717) is 24.3 Å². The van der Waals surface area contributed by atoms with Crippen LogP contribution in [0.2, 0.25) is 5.02 Å². The Morgan fingerprint density at radius 3 is 2.74 bits per heavy atom. The van der Waals surface area contributed by atoms with Crippen LogP contribution in [0.15, 0.2) is 18.2 Å². The Labute approximate surface area is 191 Å². The third-order valence-corrected chi connectivity index (χ3v) is 7.67. The van der Waals surface area contributed by atoms with Gasteiger partial charge in [-0.05, 0) is 44.9 Å². The van der Waals surface area contributed by atoms with Gasteiger partial charge in [0, 0.05) is 29.6 Å². The third kappa shape index (κ3) is 5.92. The minimum Gasteiger partial charge on any atom is -0.484 e. The number of nitrogens with zero attached hydrogens (tertiary/aromatic N) is 1. The molecule has 0 bridgehead atoms. The molecule has 2 N–H and O–H groups in total. The Morgan fingerprint density at radius 1 is 1.26 bits per heavy atom. The summed E-state index contributed by atoms with van der Waals surface area (Å²) in [5.41, 5.74) is 1.14. The van der Waals surface area contributed by atoms with Crippen LogP contribution in [0.4, 0.5) is 0 Å². The highest BCUT2D eigenvalue weighted by molar-refractivity contribution is 6.30. The molecule has 3 heterocycles. The molecule has 0 aromatic heterocycles. The molecular weight excluding hydrogens is 414 g/mol. The molecule has 0 radical (unpaired) electrons. The summed E-state index contributed by atoms with van der Waals surface area (Å²) in [6.07, 6.45) is 3.00. The van der Waals surface area contributed by atoms with Crippen LogP contribution in [0.1, 0.15) is 38.7 Å². The highest BCUT2D eigenvalue weighted by atomic mass is 35.5. The fraction of sp³-hybridized carbons (Fsp3) is 0.708. The average Bonchev–Trinajstić information content (AvgIpc) is 2.95. The van der Waals surface area contributed by atoms with Gasteiger partial charge in [-0.1, -0.05) is 11.6 Å². The number of quaternary nitrogens is 2. The van der Waals surface area contributed by atoms with Gasteiger partial charge in [0.1, 0.15) is 38.0 Å². The second kappa shape index (κ2) is 10.5. The van der Waals surface area contributed by atoms with Crippen molar-refractivity contribution in [3.05, 3.63) is 28.8 Å². The Morgan fingerprint density at radius 2 is 2.00 bits per heavy atom. The molecule has 6 nitrogen and oxygen atoms in total. The van der Waals surface area contributed by atoms with Gasteiger partial charge in [0.25, 0.3) is 0 Å². The number of carbonyl (C=O) groups excluding carboxylic acids is 1. The monoisotopic (exact) mass is 451 g/mol. The number of piperidine rings is 1. The van der Waals surface area contributed by atoms with Crippen LogP contribution in [-0.2, 0) is 16.1 Å². The quantitative estimate of drug-likeness (QED) is 0.683. The van der Waals surface area contributed by atoms with E-state index < -0.39 is 0 Å². The van der Waals surface area contributed by atoms with Crippen LogP contribution in [-0.4, -0.2) is 75.4 Å². The maximum Gasteiger partial charge on any atom is 0.228 e. The molecule has 7 heteroatoms. The van der Waals surface area contributed by atoms with E-state index in [1.807, 2.05) is 18.2 Å². The van der Waals surface area contributed by atoms with Crippen molar-refractivity contribution in [1.29, 1.82) is 0 Å². The number of hydrogen-bond acceptors (Lipinski definition) is 3. The lowest BCUT2D eigenvalue weighted by molar-refractivity contribution is -0.935. The van der Waals surface area contributed by atoms with Crippen LogP contribution in [0.5, 0.6) is 5.75 Å². The van der Waals surface area contributed by atoms with Crippen LogP contribution < -0.4 is 14.5 Å². The normalized spacial score (nSPS) is 26.6. The molecule has 2 fully saturated rings. The Kier molecular flexibility index (Phi) is 7.75. The van der Waals surface area contributed by atoms with E-state index in [9.17, 15) is 4.79 Å². The summed E-state index contributed by atoms with van der Waals surface area (Å²) in [7, 11) is 0. The zero-order chi connectivity index (χ0) is 21.8. The van der Waals surface area contributed by atoms with Crippen LogP contribution >= 0.6 is 11.6 Å². The molecule has 0 aliphatic carbocycles. The second-order valence-corrected chi connectivity index (χ2v) is 10.0. The summed E-state index contributed by atoms with van der Waals surface area (Å²) in [4.78, 5) is 18.1. The summed E-state index contributed by atoms with van der Waals surface area (Å²) < 4.78 is 11.6.